The molecule has 0 saturated heterocycles. The van der Waals surface area contributed by atoms with E-state index >= 15 is 0 Å². The van der Waals surface area contributed by atoms with Crippen molar-refractivity contribution in [3.8, 4) is 11.5 Å². The zero-order valence-corrected chi connectivity index (χ0v) is 51.6. The lowest BCUT2D eigenvalue weighted by atomic mass is 9.38. The van der Waals surface area contributed by atoms with Crippen molar-refractivity contribution in [1.29, 1.82) is 0 Å². The molecule has 2 atom stereocenters. The van der Waals surface area contributed by atoms with Crippen LogP contribution in [-0.4, -0.2) is 84.8 Å². The Bertz CT molecular complexity index is 3060. The average Bonchev–Trinajstić information content (AvgIpc) is 0.837. The molecule has 13 rings (SSSR count). The van der Waals surface area contributed by atoms with Crippen LogP contribution in [0, 0.1) is 17.3 Å². The summed E-state index contributed by atoms with van der Waals surface area (Å²) in [4.78, 5) is 101. The monoisotopic (exact) mass is 1190 g/mol. The van der Waals surface area contributed by atoms with E-state index in [0.717, 1.165) is 62.5 Å². The van der Waals surface area contributed by atoms with Gasteiger partial charge in [-0.1, -0.05) is 114 Å². The summed E-state index contributed by atoms with van der Waals surface area (Å²) in [5.74, 6) is 0.294. The first-order chi connectivity index (χ1) is 39.2. The predicted octanol–water partition coefficient (Wildman–Crippen LogP) is 11.1. The first-order valence-corrected chi connectivity index (χ1v) is 29.4. The highest BCUT2D eigenvalue weighted by Crippen LogP contribution is 2.69. The summed E-state index contributed by atoms with van der Waals surface area (Å²) < 4.78 is 15.4. The highest BCUT2D eigenvalue weighted by molar-refractivity contribution is 6.68. The molecule has 0 heterocycles. The van der Waals surface area contributed by atoms with E-state index in [4.69, 9.17) is 37.4 Å². The van der Waals surface area contributed by atoms with Gasteiger partial charge >= 0.3 is 17.9 Å². The number of Topliss-reactive ketones (excluding diaryl/α,β-unsaturated/α-hetero) is 1. The van der Waals surface area contributed by atoms with Gasteiger partial charge in [-0.15, -0.1) is 0 Å². The fourth-order valence-corrected chi connectivity index (χ4v) is 13.2. The molecule has 9 fully saturated rings. The molecule has 0 radical (unpaired) electrons. The number of ether oxygens (including phenoxy) is 3. The number of para-hydroxylation sites is 2. The highest BCUT2D eigenvalue weighted by atomic mass is 35.5. The van der Waals surface area contributed by atoms with Crippen molar-refractivity contribution in [3.05, 3.63) is 130 Å². The van der Waals surface area contributed by atoms with Gasteiger partial charge in [0.15, 0.2) is 0 Å². The fourth-order valence-electron chi connectivity index (χ4n) is 12.9. The quantitative estimate of drug-likeness (QED) is 0.0412. The van der Waals surface area contributed by atoms with Gasteiger partial charge in [0.1, 0.15) is 28.4 Å². The standard InChI is InChI=1S/C21H29NO2.C16H17NO5.C13H17ClO.C9H7ClO3.C7H11NO2/c1-14(2)9-17-5-7-18(8-6-17)15(3)19(24)10-20-11-21(12-20,13-20)22-16(4)23;1-10(18)17-15-7-16(8-15,9-15)22-14(20)12-5-3-4-6-13(12)21-11(2)19;1-9(2)8-11-4-6-12(7-5-11)10(3)13(14)15;1-6(11)13-8-5-3-2-4-7(8)9(10)12;1-5(9)8-6-2-7(10,3-6)4-6/h5-8,14-15H,9-13H2,1-4H3,(H,22,23);3-6H,7-9H2,1-2H3,(H,17,18);4-7,9-10H,8H2,1-3H3;2-5H,1H3;10H,2-4H2,1H3,(H,8,9). The number of ketones is 1. The molecule has 0 aliphatic heterocycles. The molecular formula is C66H81Cl2N3O13. The third-order valence-corrected chi connectivity index (χ3v) is 16.6. The lowest BCUT2D eigenvalue weighted by molar-refractivity contribution is -0.221. The van der Waals surface area contributed by atoms with E-state index in [9.17, 15) is 48.3 Å². The van der Waals surface area contributed by atoms with E-state index in [1.165, 1.54) is 51.0 Å². The van der Waals surface area contributed by atoms with Crippen LogP contribution in [0.25, 0.3) is 0 Å². The van der Waals surface area contributed by atoms with Gasteiger partial charge in [0.05, 0.1) is 22.6 Å². The van der Waals surface area contributed by atoms with Crippen LogP contribution >= 0.6 is 23.2 Å². The van der Waals surface area contributed by atoms with Crippen molar-refractivity contribution >= 4 is 75.1 Å². The van der Waals surface area contributed by atoms with Crippen LogP contribution in [0.15, 0.2) is 97.1 Å². The van der Waals surface area contributed by atoms with Gasteiger partial charge in [-0.3, -0.25) is 38.4 Å². The molecule has 4 aromatic rings. The molecular weight excluding hydrogens is 1110 g/mol. The lowest BCUT2D eigenvalue weighted by Gasteiger charge is -2.70. The number of benzene rings is 4. The van der Waals surface area contributed by atoms with Gasteiger partial charge in [0.2, 0.25) is 23.0 Å². The van der Waals surface area contributed by atoms with Crippen LogP contribution in [0.2, 0.25) is 0 Å². The van der Waals surface area contributed by atoms with Crippen molar-refractivity contribution in [2.45, 2.75) is 193 Å². The molecule has 84 heavy (non-hydrogen) atoms. The molecule has 4 N–H and O–H groups in total. The van der Waals surface area contributed by atoms with Crippen LogP contribution < -0.4 is 25.4 Å². The lowest BCUT2D eigenvalue weighted by Crippen LogP contribution is -2.79. The smallest absolute Gasteiger partial charge is 0.342 e. The normalized spacial score (nSPS) is 25.1. The van der Waals surface area contributed by atoms with E-state index in [0.29, 0.717) is 43.3 Å². The number of halogens is 2. The van der Waals surface area contributed by atoms with E-state index in [1.807, 2.05) is 26.0 Å². The maximum Gasteiger partial charge on any atom is 0.342 e. The number of aliphatic hydroxyl groups is 1. The largest absolute Gasteiger partial charge is 0.455 e. The third-order valence-electron chi connectivity index (χ3n) is 16.1. The van der Waals surface area contributed by atoms with Gasteiger partial charge in [0, 0.05) is 77.3 Å². The van der Waals surface area contributed by atoms with E-state index in [2.05, 4.69) is 80.0 Å². The number of rotatable bonds is 18. The number of amides is 3. The fraction of sp³-hybridized carbons (Fsp3) is 0.500. The number of nitrogens with one attached hydrogen (secondary N) is 3. The zero-order valence-electron chi connectivity index (χ0n) is 50.1. The van der Waals surface area contributed by atoms with Crippen LogP contribution in [0.3, 0.4) is 0 Å². The summed E-state index contributed by atoms with van der Waals surface area (Å²) in [5.41, 5.74) is 4.30. The SMILES string of the molecule is CC(=O)NC12CC(CC(=O)C(C)c3ccc(CC(C)C)cc3)(C1)C2.CC(=O)NC12CC(O)(C1)C2.CC(=O)NC12CC(OC(=O)c3ccccc3OC(C)=O)(C1)C2.CC(=O)Oc1ccccc1C(=O)Cl.CC(C)Cc1ccc(C(C)C(=O)Cl)cc1. The van der Waals surface area contributed by atoms with E-state index in [-0.39, 0.29) is 79.5 Å². The second-order valence-corrected chi connectivity index (χ2v) is 26.0. The van der Waals surface area contributed by atoms with Gasteiger partial charge < -0.3 is 35.3 Å². The van der Waals surface area contributed by atoms with E-state index in [1.54, 1.807) is 43.3 Å². The summed E-state index contributed by atoms with van der Waals surface area (Å²) in [5, 5.41) is 17.2. The Morgan fingerprint density at radius 2 is 0.869 bits per heavy atom. The topological polar surface area (TPSA) is 238 Å². The zero-order chi connectivity index (χ0) is 62.2. The molecule has 452 valence electrons. The average molecular weight is 1200 g/mol. The van der Waals surface area contributed by atoms with Gasteiger partial charge in [-0.2, -0.15) is 0 Å². The first kappa shape index (κ1) is 66.4. The number of hydrogen-bond acceptors (Lipinski definition) is 13. The Labute approximate surface area is 503 Å². The molecule has 3 amide bonds. The van der Waals surface area contributed by atoms with Crippen LogP contribution in [0.4, 0.5) is 0 Å². The number of carbonyl (C=O) groups is 9. The molecule has 9 aliphatic carbocycles. The van der Waals surface area contributed by atoms with Crippen molar-refractivity contribution in [2.75, 3.05) is 0 Å². The third kappa shape index (κ3) is 17.4. The van der Waals surface area contributed by atoms with Crippen molar-refractivity contribution in [3.63, 3.8) is 0 Å². The Hall–Kier alpha value is -6.75. The molecule has 0 spiro atoms. The first-order valence-electron chi connectivity index (χ1n) is 28.7. The van der Waals surface area contributed by atoms with Crippen molar-refractivity contribution in [2.24, 2.45) is 17.3 Å². The Morgan fingerprint density at radius 3 is 1.24 bits per heavy atom. The number of hydrogen-bond donors (Lipinski definition) is 4. The molecule has 6 bridgehead atoms. The Morgan fingerprint density at radius 1 is 0.500 bits per heavy atom. The van der Waals surface area contributed by atoms with E-state index < -0.39 is 34.4 Å². The molecule has 2 unspecified atom stereocenters. The summed E-state index contributed by atoms with van der Waals surface area (Å²) in [6, 6.07) is 29.5. The minimum absolute atomic E-state index is 0.000579. The van der Waals surface area contributed by atoms with Gasteiger partial charge in [0.25, 0.3) is 5.24 Å². The molecule has 9 aliphatic rings. The van der Waals surface area contributed by atoms with Crippen LogP contribution in [0.5, 0.6) is 11.5 Å². The summed E-state index contributed by atoms with van der Waals surface area (Å²) in [6.45, 7) is 19.8. The maximum atomic E-state index is 12.7. The van der Waals surface area contributed by atoms with Crippen LogP contribution in [-0.2, 0) is 51.1 Å². The minimum Gasteiger partial charge on any atom is -0.455 e. The summed E-state index contributed by atoms with van der Waals surface area (Å²) >= 11 is 10.7. The molecule has 16 nitrogen and oxygen atoms in total. The number of carbonyl (C=O) groups excluding carboxylic acids is 9. The Kier molecular flexibility index (Phi) is 21.4. The van der Waals surface area contributed by atoms with Crippen molar-refractivity contribution in [1.82, 2.24) is 16.0 Å². The van der Waals surface area contributed by atoms with Crippen molar-refractivity contribution < 1.29 is 62.5 Å². The molecule has 9 saturated carbocycles. The molecule has 0 aromatic heterocycles. The van der Waals surface area contributed by atoms with Crippen LogP contribution in [0.1, 0.15) is 195 Å². The molecule has 4 aromatic carbocycles. The predicted molar refractivity (Wildman–Crippen MR) is 320 cm³/mol. The number of esters is 3. The summed E-state index contributed by atoms with van der Waals surface area (Å²) in [6.07, 6.45) is 9.95. The highest BCUT2D eigenvalue weighted by Gasteiger charge is 2.72. The second-order valence-electron chi connectivity index (χ2n) is 25.3. The minimum atomic E-state index is -0.642. The van der Waals surface area contributed by atoms with Gasteiger partial charge in [-0.05, 0) is 138 Å². The molecule has 18 heteroatoms. The maximum absolute atomic E-state index is 12.7. The second kappa shape index (κ2) is 27.1. The Balaban J connectivity index is 0.000000174. The van der Waals surface area contributed by atoms with Gasteiger partial charge in [-0.25, -0.2) is 4.79 Å². The summed E-state index contributed by atoms with van der Waals surface area (Å²) in [7, 11) is 0.